The number of hydrogen-bond acceptors (Lipinski definition) is 4. The molecule has 4 N–H and O–H groups in total. The van der Waals surface area contributed by atoms with E-state index in [0.29, 0.717) is 0 Å². The Kier molecular flexibility index (Phi) is 6.84. The fourth-order valence-electron chi connectivity index (χ4n) is 2.66. The van der Waals surface area contributed by atoms with E-state index in [2.05, 4.69) is 0 Å². The van der Waals surface area contributed by atoms with Crippen molar-refractivity contribution in [2.45, 2.75) is 27.2 Å². The molecule has 5 atom stereocenters. The van der Waals surface area contributed by atoms with Crippen LogP contribution in [0.15, 0.2) is 0 Å². The van der Waals surface area contributed by atoms with E-state index in [1.54, 1.807) is 0 Å². The molecule has 0 aliphatic heterocycles. The molecule has 0 saturated carbocycles. The van der Waals surface area contributed by atoms with E-state index in [-0.39, 0.29) is 0 Å². The Bertz CT molecular complexity index is 430. The molecule has 0 aliphatic carbocycles. The van der Waals surface area contributed by atoms with Crippen molar-refractivity contribution in [3.8, 4) is 0 Å². The van der Waals surface area contributed by atoms with Gasteiger partial charge < -0.3 is 20.4 Å². The molecule has 0 rings (SSSR count). The van der Waals surface area contributed by atoms with Crippen LogP contribution in [-0.4, -0.2) is 44.3 Å². The summed E-state index contributed by atoms with van der Waals surface area (Å²) in [7, 11) is 0. The molecular formula is C13H20O8. The molecule has 8 nitrogen and oxygen atoms in total. The van der Waals surface area contributed by atoms with Gasteiger partial charge in [-0.1, -0.05) is 20.8 Å². The van der Waals surface area contributed by atoms with Gasteiger partial charge in [0.05, 0.1) is 17.8 Å². The first-order valence-corrected chi connectivity index (χ1v) is 6.40. The molecule has 0 amide bonds. The molecule has 0 aromatic rings. The van der Waals surface area contributed by atoms with E-state index < -0.39 is 59.9 Å². The van der Waals surface area contributed by atoms with Crippen LogP contribution in [0.3, 0.4) is 0 Å². The number of carboxylic acid groups (broad SMARTS) is 4. The first kappa shape index (κ1) is 18.9. The van der Waals surface area contributed by atoms with Crippen molar-refractivity contribution in [3.05, 3.63) is 0 Å². The standard InChI is InChI=1S/C13H20O8/c1-5(4-8(14)15)9(12(18)19)6(2)10(13(20)21)7(3)11(16)17/h5-7,9-10H,4H2,1-3H3,(H,14,15)(H,16,17)(H,18,19)(H,20,21). The monoisotopic (exact) mass is 304 g/mol. The molecule has 0 saturated heterocycles. The molecule has 0 fully saturated rings. The summed E-state index contributed by atoms with van der Waals surface area (Å²) >= 11 is 0. The van der Waals surface area contributed by atoms with Gasteiger partial charge in [-0.05, 0) is 11.8 Å². The van der Waals surface area contributed by atoms with Crippen LogP contribution >= 0.6 is 0 Å². The van der Waals surface area contributed by atoms with Crippen molar-refractivity contribution >= 4 is 23.9 Å². The van der Waals surface area contributed by atoms with Crippen molar-refractivity contribution in [2.24, 2.45) is 29.6 Å². The Morgan fingerprint density at radius 3 is 1.48 bits per heavy atom. The number of carboxylic acids is 4. The van der Waals surface area contributed by atoms with Crippen LogP contribution in [-0.2, 0) is 19.2 Å². The van der Waals surface area contributed by atoms with E-state index in [9.17, 15) is 29.4 Å². The van der Waals surface area contributed by atoms with Gasteiger partial charge >= 0.3 is 23.9 Å². The van der Waals surface area contributed by atoms with Gasteiger partial charge in [-0.3, -0.25) is 19.2 Å². The summed E-state index contributed by atoms with van der Waals surface area (Å²) in [6.07, 6.45) is -0.435. The Morgan fingerprint density at radius 1 is 0.762 bits per heavy atom. The fourth-order valence-corrected chi connectivity index (χ4v) is 2.66. The van der Waals surface area contributed by atoms with Crippen molar-refractivity contribution in [1.29, 1.82) is 0 Å². The van der Waals surface area contributed by atoms with Gasteiger partial charge in [0.1, 0.15) is 0 Å². The Hall–Kier alpha value is -2.12. The first-order valence-electron chi connectivity index (χ1n) is 6.40. The zero-order valence-corrected chi connectivity index (χ0v) is 12.0. The van der Waals surface area contributed by atoms with Crippen LogP contribution in [0.4, 0.5) is 0 Å². The summed E-state index contributed by atoms with van der Waals surface area (Å²) in [5.74, 6) is -11.1. The average Bonchev–Trinajstić information content (AvgIpc) is 2.26. The highest BCUT2D eigenvalue weighted by molar-refractivity contribution is 5.81. The molecule has 0 radical (unpaired) electrons. The number of aliphatic carboxylic acids is 4. The van der Waals surface area contributed by atoms with E-state index in [4.69, 9.17) is 10.2 Å². The lowest BCUT2D eigenvalue weighted by atomic mass is 9.71. The minimum absolute atomic E-state index is 0.435. The molecule has 120 valence electrons. The van der Waals surface area contributed by atoms with Gasteiger partial charge in [-0.15, -0.1) is 0 Å². The highest BCUT2D eigenvalue weighted by atomic mass is 16.4. The minimum Gasteiger partial charge on any atom is -0.481 e. The van der Waals surface area contributed by atoms with Gasteiger partial charge in [-0.2, -0.15) is 0 Å². The van der Waals surface area contributed by atoms with Crippen LogP contribution in [0, 0.1) is 29.6 Å². The normalized spacial score (nSPS) is 18.0. The second kappa shape index (κ2) is 7.61. The first-order chi connectivity index (χ1) is 9.50. The summed E-state index contributed by atoms with van der Waals surface area (Å²) < 4.78 is 0. The fraction of sp³-hybridized carbons (Fsp3) is 0.692. The summed E-state index contributed by atoms with van der Waals surface area (Å²) in [6, 6.07) is 0. The Morgan fingerprint density at radius 2 is 1.19 bits per heavy atom. The summed E-state index contributed by atoms with van der Waals surface area (Å²) in [6.45, 7) is 3.92. The maximum atomic E-state index is 11.4. The van der Waals surface area contributed by atoms with Gasteiger partial charge in [0.25, 0.3) is 0 Å². The van der Waals surface area contributed by atoms with Crippen LogP contribution in [0.25, 0.3) is 0 Å². The molecule has 8 heteroatoms. The lowest BCUT2D eigenvalue weighted by molar-refractivity contribution is -0.160. The number of carbonyl (C=O) groups is 4. The van der Waals surface area contributed by atoms with Crippen molar-refractivity contribution in [3.63, 3.8) is 0 Å². The van der Waals surface area contributed by atoms with E-state index in [1.165, 1.54) is 20.8 Å². The number of rotatable bonds is 9. The van der Waals surface area contributed by atoms with E-state index in [1.807, 2.05) is 0 Å². The predicted octanol–water partition coefficient (Wildman–Crippen LogP) is 0.856. The zero-order valence-electron chi connectivity index (χ0n) is 12.0. The summed E-state index contributed by atoms with van der Waals surface area (Å²) in [4.78, 5) is 44.3. The topological polar surface area (TPSA) is 149 Å². The van der Waals surface area contributed by atoms with Crippen LogP contribution in [0.1, 0.15) is 27.2 Å². The highest BCUT2D eigenvalue weighted by Gasteiger charge is 2.43. The quantitative estimate of drug-likeness (QED) is 0.490. The molecule has 21 heavy (non-hydrogen) atoms. The van der Waals surface area contributed by atoms with Crippen molar-refractivity contribution in [1.82, 2.24) is 0 Å². The van der Waals surface area contributed by atoms with Gasteiger partial charge in [-0.25, -0.2) is 0 Å². The lowest BCUT2D eigenvalue weighted by Crippen LogP contribution is -2.41. The maximum absolute atomic E-state index is 11.4. The van der Waals surface area contributed by atoms with E-state index in [0.717, 1.165) is 0 Å². The maximum Gasteiger partial charge on any atom is 0.307 e. The molecule has 0 aromatic heterocycles. The second-order valence-electron chi connectivity index (χ2n) is 5.29. The number of hydrogen-bond donors (Lipinski definition) is 4. The van der Waals surface area contributed by atoms with Gasteiger partial charge in [0.2, 0.25) is 0 Å². The Labute approximate surface area is 121 Å². The molecule has 0 aliphatic rings. The van der Waals surface area contributed by atoms with Gasteiger partial charge in [0, 0.05) is 6.42 Å². The SMILES string of the molecule is CC(CC(=O)O)C(C(=O)O)C(C)C(C(=O)O)C(C)C(=O)O. The third-order valence-electron chi connectivity index (χ3n) is 3.74. The molecule has 5 unspecified atom stereocenters. The summed E-state index contributed by atoms with van der Waals surface area (Å²) in [5.41, 5.74) is 0. The van der Waals surface area contributed by atoms with Crippen molar-refractivity contribution < 1.29 is 39.6 Å². The predicted molar refractivity (Wildman–Crippen MR) is 69.6 cm³/mol. The largest absolute Gasteiger partial charge is 0.481 e. The zero-order chi connectivity index (χ0) is 16.9. The van der Waals surface area contributed by atoms with Crippen LogP contribution in [0.5, 0.6) is 0 Å². The smallest absolute Gasteiger partial charge is 0.307 e. The molecular weight excluding hydrogens is 284 g/mol. The third kappa shape index (κ3) is 5.05. The average molecular weight is 304 g/mol. The van der Waals surface area contributed by atoms with Crippen LogP contribution < -0.4 is 0 Å². The molecule has 0 heterocycles. The van der Waals surface area contributed by atoms with E-state index >= 15 is 0 Å². The van der Waals surface area contributed by atoms with Crippen molar-refractivity contribution in [2.75, 3.05) is 0 Å². The molecule has 0 bridgehead atoms. The third-order valence-corrected chi connectivity index (χ3v) is 3.74. The Balaban J connectivity index is 5.46. The van der Waals surface area contributed by atoms with Crippen LogP contribution in [0.2, 0.25) is 0 Å². The second-order valence-corrected chi connectivity index (χ2v) is 5.29. The summed E-state index contributed by atoms with van der Waals surface area (Å²) in [5, 5.41) is 36.1. The van der Waals surface area contributed by atoms with Gasteiger partial charge in [0.15, 0.2) is 0 Å². The minimum atomic E-state index is -1.42. The lowest BCUT2D eigenvalue weighted by Gasteiger charge is -2.31. The highest BCUT2D eigenvalue weighted by Crippen LogP contribution is 2.34. The molecule has 0 aromatic carbocycles. The molecule has 0 spiro atoms.